The van der Waals surface area contributed by atoms with Gasteiger partial charge in [-0.05, 0) is 24.1 Å². The summed E-state index contributed by atoms with van der Waals surface area (Å²) in [5, 5.41) is 0.906. The quantitative estimate of drug-likeness (QED) is 0.881. The van der Waals surface area contributed by atoms with Crippen molar-refractivity contribution in [2.75, 3.05) is 0 Å². The number of hydrazine groups is 1. The van der Waals surface area contributed by atoms with Crippen molar-refractivity contribution in [3.8, 4) is 0 Å². The van der Waals surface area contributed by atoms with Gasteiger partial charge in [-0.15, -0.1) is 0 Å². The first-order valence-corrected chi connectivity index (χ1v) is 7.74. The summed E-state index contributed by atoms with van der Waals surface area (Å²) in [6.07, 6.45) is 1.87. The van der Waals surface area contributed by atoms with E-state index in [1.807, 2.05) is 67.6 Å². The number of rotatable bonds is 3. The second kappa shape index (κ2) is 7.10. The van der Waals surface area contributed by atoms with E-state index in [1.165, 1.54) is 6.08 Å². The van der Waals surface area contributed by atoms with Crippen molar-refractivity contribution in [3.63, 3.8) is 0 Å². The highest BCUT2D eigenvalue weighted by atomic mass is 16.6. The van der Waals surface area contributed by atoms with Crippen molar-refractivity contribution in [1.82, 2.24) is 10.4 Å². The minimum atomic E-state index is -0.704. The van der Waals surface area contributed by atoms with Crippen molar-refractivity contribution in [2.24, 2.45) is 0 Å². The second-order valence-corrected chi connectivity index (χ2v) is 5.55. The molecule has 5 heteroatoms. The molecule has 0 radical (unpaired) electrons. The number of amides is 2. The number of nitrogens with zero attached hydrogens (tertiary/aromatic N) is 1. The number of imide groups is 1. The summed E-state index contributed by atoms with van der Waals surface area (Å²) in [6.45, 7) is 1.87. The van der Waals surface area contributed by atoms with E-state index < -0.39 is 18.1 Å². The van der Waals surface area contributed by atoms with Crippen LogP contribution < -0.4 is 5.43 Å². The highest BCUT2D eigenvalue weighted by molar-refractivity contribution is 6.00. The molecule has 1 aliphatic rings. The Bertz CT molecular complexity index is 744. The third-order valence-electron chi connectivity index (χ3n) is 3.76. The standard InChI is InChI=1S/C19H18N2O3/c1-14-18(16-10-6-3-7-11-16)24-19(23)21(20-14)17(22)13-12-15-8-4-2-5-9-15/h2-14,18,20H,1H3/b13-12+/t14-,18+/m0/s1. The Hall–Kier alpha value is -2.92. The molecule has 122 valence electrons. The molecule has 3 rings (SSSR count). The zero-order chi connectivity index (χ0) is 16.9. The Labute approximate surface area is 140 Å². The van der Waals surface area contributed by atoms with Crippen LogP contribution in [0.1, 0.15) is 24.2 Å². The van der Waals surface area contributed by atoms with Crippen LogP contribution in [0.3, 0.4) is 0 Å². The smallest absolute Gasteiger partial charge is 0.432 e. The number of nitrogens with one attached hydrogen (secondary N) is 1. The van der Waals surface area contributed by atoms with E-state index in [9.17, 15) is 9.59 Å². The molecule has 2 aromatic carbocycles. The molecule has 0 spiro atoms. The van der Waals surface area contributed by atoms with Gasteiger partial charge in [0, 0.05) is 6.08 Å². The van der Waals surface area contributed by atoms with E-state index in [0.717, 1.165) is 16.1 Å². The Balaban J connectivity index is 1.69. The first-order chi connectivity index (χ1) is 11.6. The molecule has 5 nitrogen and oxygen atoms in total. The molecule has 24 heavy (non-hydrogen) atoms. The molecule has 0 aromatic heterocycles. The van der Waals surface area contributed by atoms with Gasteiger partial charge in [-0.2, -0.15) is 5.01 Å². The average Bonchev–Trinajstić information content (AvgIpc) is 2.63. The fourth-order valence-corrected chi connectivity index (χ4v) is 2.55. The number of carbonyl (C=O) groups is 2. The van der Waals surface area contributed by atoms with Gasteiger partial charge < -0.3 is 4.74 Å². The Morgan fingerprint density at radius 1 is 1.08 bits per heavy atom. The van der Waals surface area contributed by atoms with Crippen LogP contribution in [0.25, 0.3) is 6.08 Å². The largest absolute Gasteiger partial charge is 0.438 e. The van der Waals surface area contributed by atoms with Crippen LogP contribution in [0.4, 0.5) is 4.79 Å². The number of ether oxygens (including phenoxy) is 1. The van der Waals surface area contributed by atoms with E-state index in [-0.39, 0.29) is 6.04 Å². The molecule has 1 heterocycles. The predicted octanol–water partition coefficient (Wildman–Crippen LogP) is 3.31. The van der Waals surface area contributed by atoms with Gasteiger partial charge in [-0.25, -0.2) is 10.2 Å². The maximum atomic E-state index is 12.2. The molecule has 0 bridgehead atoms. The van der Waals surface area contributed by atoms with Crippen LogP contribution in [0, 0.1) is 0 Å². The molecule has 0 aliphatic carbocycles. The van der Waals surface area contributed by atoms with E-state index in [1.54, 1.807) is 6.08 Å². The maximum Gasteiger partial charge on any atom is 0.432 e. The lowest BCUT2D eigenvalue weighted by molar-refractivity contribution is -0.132. The minimum absolute atomic E-state index is 0.223. The van der Waals surface area contributed by atoms with Crippen molar-refractivity contribution in [2.45, 2.75) is 19.1 Å². The second-order valence-electron chi connectivity index (χ2n) is 5.55. The molecule has 0 saturated carbocycles. The number of carbonyl (C=O) groups excluding carboxylic acids is 2. The summed E-state index contributed by atoms with van der Waals surface area (Å²) in [7, 11) is 0. The zero-order valence-corrected chi connectivity index (χ0v) is 13.3. The third-order valence-corrected chi connectivity index (χ3v) is 3.76. The lowest BCUT2D eigenvalue weighted by Crippen LogP contribution is -2.57. The fourth-order valence-electron chi connectivity index (χ4n) is 2.55. The van der Waals surface area contributed by atoms with Crippen molar-refractivity contribution < 1.29 is 14.3 Å². The van der Waals surface area contributed by atoms with Crippen LogP contribution in [0.2, 0.25) is 0 Å². The van der Waals surface area contributed by atoms with Gasteiger partial charge >= 0.3 is 6.09 Å². The molecule has 2 atom stereocenters. The van der Waals surface area contributed by atoms with E-state index in [2.05, 4.69) is 5.43 Å². The maximum absolute atomic E-state index is 12.2. The van der Waals surface area contributed by atoms with E-state index in [0.29, 0.717) is 0 Å². The molecule has 1 aliphatic heterocycles. The van der Waals surface area contributed by atoms with Crippen molar-refractivity contribution >= 4 is 18.1 Å². The van der Waals surface area contributed by atoms with Gasteiger partial charge in [0.05, 0.1) is 6.04 Å². The summed E-state index contributed by atoms with van der Waals surface area (Å²) in [4.78, 5) is 24.4. The Kier molecular flexibility index (Phi) is 4.72. The monoisotopic (exact) mass is 322 g/mol. The Morgan fingerprint density at radius 3 is 2.38 bits per heavy atom. The molecule has 2 amide bonds. The highest BCUT2D eigenvalue weighted by Crippen LogP contribution is 2.25. The van der Waals surface area contributed by atoms with Crippen LogP contribution in [-0.2, 0) is 9.53 Å². The molecule has 1 N–H and O–H groups in total. The minimum Gasteiger partial charge on any atom is -0.438 e. The van der Waals surface area contributed by atoms with Gasteiger partial charge in [0.25, 0.3) is 5.91 Å². The summed E-state index contributed by atoms with van der Waals surface area (Å²) in [5.41, 5.74) is 4.68. The third kappa shape index (κ3) is 3.52. The molecule has 2 aromatic rings. The summed E-state index contributed by atoms with van der Waals surface area (Å²) in [5.74, 6) is -0.470. The summed E-state index contributed by atoms with van der Waals surface area (Å²) >= 11 is 0. The number of benzene rings is 2. The van der Waals surface area contributed by atoms with E-state index >= 15 is 0 Å². The first-order valence-electron chi connectivity index (χ1n) is 7.74. The van der Waals surface area contributed by atoms with Crippen molar-refractivity contribution in [3.05, 3.63) is 77.9 Å². The highest BCUT2D eigenvalue weighted by Gasteiger charge is 2.36. The summed E-state index contributed by atoms with van der Waals surface area (Å²) in [6, 6.07) is 18.6. The fraction of sp³-hybridized carbons (Fsp3) is 0.158. The lowest BCUT2D eigenvalue weighted by atomic mass is 10.0. The van der Waals surface area contributed by atoms with Crippen molar-refractivity contribution in [1.29, 1.82) is 0 Å². The SMILES string of the molecule is C[C@@H]1NN(C(=O)/C=C/c2ccccc2)C(=O)O[C@H]1c1ccccc1. The number of hydrogen-bond acceptors (Lipinski definition) is 4. The predicted molar refractivity (Wildman–Crippen MR) is 90.6 cm³/mol. The zero-order valence-electron chi connectivity index (χ0n) is 13.3. The van der Waals surface area contributed by atoms with Gasteiger partial charge in [-0.1, -0.05) is 60.7 Å². The topological polar surface area (TPSA) is 58.6 Å². The van der Waals surface area contributed by atoms with Gasteiger partial charge in [0.15, 0.2) is 0 Å². The molecular formula is C19H18N2O3. The number of hydrogen-bond donors (Lipinski definition) is 1. The molecule has 1 saturated heterocycles. The molecule has 1 fully saturated rings. The van der Waals surface area contributed by atoms with Gasteiger partial charge in [0.2, 0.25) is 0 Å². The van der Waals surface area contributed by atoms with E-state index in [4.69, 9.17) is 4.74 Å². The van der Waals surface area contributed by atoms with Crippen LogP contribution in [0.15, 0.2) is 66.7 Å². The number of cyclic esters (lactones) is 1. The molecule has 0 unspecified atom stereocenters. The van der Waals surface area contributed by atoms with Gasteiger partial charge in [-0.3, -0.25) is 4.79 Å². The first kappa shape index (κ1) is 16.0. The lowest BCUT2D eigenvalue weighted by Gasteiger charge is -2.35. The van der Waals surface area contributed by atoms with Crippen LogP contribution >= 0.6 is 0 Å². The molecular weight excluding hydrogens is 304 g/mol. The van der Waals surface area contributed by atoms with Crippen LogP contribution in [0.5, 0.6) is 0 Å². The average molecular weight is 322 g/mol. The van der Waals surface area contributed by atoms with Gasteiger partial charge in [0.1, 0.15) is 6.10 Å². The summed E-state index contributed by atoms with van der Waals surface area (Å²) < 4.78 is 5.44. The Morgan fingerprint density at radius 2 is 1.71 bits per heavy atom. The normalized spacial score (nSPS) is 20.9. The van der Waals surface area contributed by atoms with Crippen LogP contribution in [-0.4, -0.2) is 23.1 Å².